The van der Waals surface area contributed by atoms with Crippen molar-refractivity contribution in [2.24, 2.45) is 0 Å². The van der Waals surface area contributed by atoms with Crippen LogP contribution in [0.3, 0.4) is 0 Å². The Hall–Kier alpha value is -1.16. The summed E-state index contributed by atoms with van der Waals surface area (Å²) in [6, 6.07) is -0.217. The largest absolute Gasteiger partial charge is 0.360 e. The van der Waals surface area contributed by atoms with Gasteiger partial charge in [0.1, 0.15) is 5.60 Å². The Kier molecular flexibility index (Phi) is 3.33. The van der Waals surface area contributed by atoms with Gasteiger partial charge in [-0.3, -0.25) is 14.5 Å². The van der Waals surface area contributed by atoms with Crippen LogP contribution in [-0.2, 0) is 14.3 Å². The highest BCUT2D eigenvalue weighted by molar-refractivity contribution is 6.16. The molecule has 0 N–H and O–H groups in total. The summed E-state index contributed by atoms with van der Waals surface area (Å²) in [6.07, 6.45) is 4.05. The predicted octanol–water partition coefficient (Wildman–Crippen LogP) is 2.43. The number of amides is 2. The van der Waals surface area contributed by atoms with E-state index in [-0.39, 0.29) is 29.1 Å². The lowest BCUT2D eigenvalue weighted by Gasteiger charge is -2.30. The number of ether oxygens (including phenoxy) is 1. The summed E-state index contributed by atoms with van der Waals surface area (Å²) < 4.78 is 6.08. The van der Waals surface area contributed by atoms with Gasteiger partial charge in [0.2, 0.25) is 0 Å². The maximum atomic E-state index is 12.1. The molecule has 1 fully saturated rings. The third-order valence-corrected chi connectivity index (χ3v) is 4.97. The molecule has 2 amide bonds. The van der Waals surface area contributed by atoms with Gasteiger partial charge < -0.3 is 4.74 Å². The first-order valence-electron chi connectivity index (χ1n) is 7.15. The van der Waals surface area contributed by atoms with Crippen LogP contribution in [0.5, 0.6) is 0 Å². The Labute approximate surface area is 114 Å². The molecule has 4 heteroatoms. The summed E-state index contributed by atoms with van der Waals surface area (Å²) in [5.41, 5.74) is -0.0410. The zero-order valence-electron chi connectivity index (χ0n) is 12.4. The van der Waals surface area contributed by atoms with Crippen molar-refractivity contribution < 1.29 is 14.3 Å². The van der Waals surface area contributed by atoms with E-state index in [1.54, 1.807) is 6.92 Å². The lowest BCUT2D eigenvalue weighted by atomic mass is 9.80. The van der Waals surface area contributed by atoms with Crippen molar-refractivity contribution in [2.45, 2.75) is 71.1 Å². The molecule has 0 bridgehead atoms. The zero-order chi connectivity index (χ0) is 14.4. The molecule has 19 heavy (non-hydrogen) atoms. The second kappa shape index (κ2) is 4.44. The van der Waals surface area contributed by atoms with E-state index < -0.39 is 0 Å². The first-order valence-corrected chi connectivity index (χ1v) is 7.15. The summed E-state index contributed by atoms with van der Waals surface area (Å²) in [5, 5.41) is 0. The van der Waals surface area contributed by atoms with Gasteiger partial charge >= 0.3 is 0 Å². The van der Waals surface area contributed by atoms with Gasteiger partial charge in [-0.25, -0.2) is 0 Å². The highest BCUT2D eigenvalue weighted by Crippen LogP contribution is 2.58. The molecule has 0 radical (unpaired) electrons. The standard InChI is InChI=1S/C15H23NO3/c1-6-14(7-2)15(8-3,19-14)11(5)16-12(17)9-10(4)13(16)18/h9,11H,6-8H2,1-5H3. The topological polar surface area (TPSA) is 49.9 Å². The smallest absolute Gasteiger partial charge is 0.256 e. The molecule has 2 aliphatic heterocycles. The molecule has 0 aliphatic carbocycles. The quantitative estimate of drug-likeness (QED) is 0.566. The maximum absolute atomic E-state index is 12.1. The molecule has 0 aromatic carbocycles. The number of hydrogen-bond donors (Lipinski definition) is 0. The molecule has 0 saturated carbocycles. The number of nitrogens with zero attached hydrogens (tertiary/aromatic N) is 1. The van der Waals surface area contributed by atoms with Crippen LogP contribution in [0.4, 0.5) is 0 Å². The SMILES string of the molecule is CCC1(CC)OC1(CC)C(C)N1C(=O)C=C(C)C1=O. The molecule has 106 valence electrons. The van der Waals surface area contributed by atoms with Crippen LogP contribution in [-0.4, -0.2) is 34.0 Å². The molecule has 0 aromatic rings. The minimum Gasteiger partial charge on any atom is -0.360 e. The van der Waals surface area contributed by atoms with Crippen molar-refractivity contribution in [3.63, 3.8) is 0 Å². The number of carbonyl (C=O) groups excluding carboxylic acids is 2. The molecule has 1 saturated heterocycles. The molecule has 2 unspecified atom stereocenters. The van der Waals surface area contributed by atoms with E-state index in [1.807, 2.05) is 6.92 Å². The van der Waals surface area contributed by atoms with E-state index in [0.717, 1.165) is 19.3 Å². The average molecular weight is 265 g/mol. The predicted molar refractivity (Wildman–Crippen MR) is 72.5 cm³/mol. The highest BCUT2D eigenvalue weighted by Gasteiger charge is 2.70. The molecule has 2 heterocycles. The van der Waals surface area contributed by atoms with Gasteiger partial charge in [-0.05, 0) is 33.1 Å². The molecule has 2 rings (SSSR count). The number of carbonyl (C=O) groups is 2. The molecule has 0 spiro atoms. The van der Waals surface area contributed by atoms with Crippen molar-refractivity contribution >= 4 is 11.8 Å². The summed E-state index contributed by atoms with van der Waals surface area (Å²) in [7, 11) is 0. The Morgan fingerprint density at radius 2 is 1.79 bits per heavy atom. The Morgan fingerprint density at radius 1 is 1.21 bits per heavy atom. The van der Waals surface area contributed by atoms with Gasteiger partial charge in [0.25, 0.3) is 11.8 Å². The van der Waals surface area contributed by atoms with Crippen molar-refractivity contribution in [2.75, 3.05) is 0 Å². The van der Waals surface area contributed by atoms with Gasteiger partial charge in [-0.15, -0.1) is 0 Å². The Morgan fingerprint density at radius 3 is 2.11 bits per heavy atom. The number of hydrogen-bond acceptors (Lipinski definition) is 3. The van der Waals surface area contributed by atoms with Crippen LogP contribution in [0.2, 0.25) is 0 Å². The average Bonchev–Trinajstić information content (AvgIpc) is 3.01. The molecular weight excluding hydrogens is 242 g/mol. The van der Waals surface area contributed by atoms with Gasteiger partial charge in [0.15, 0.2) is 0 Å². The summed E-state index contributed by atoms with van der Waals surface area (Å²) in [5.74, 6) is -0.388. The summed E-state index contributed by atoms with van der Waals surface area (Å²) in [6.45, 7) is 9.88. The number of epoxide rings is 1. The van der Waals surface area contributed by atoms with Gasteiger partial charge in [0.05, 0.1) is 11.6 Å². The van der Waals surface area contributed by atoms with E-state index in [4.69, 9.17) is 4.74 Å². The molecule has 2 atom stereocenters. The normalized spacial score (nSPS) is 30.6. The van der Waals surface area contributed by atoms with Crippen molar-refractivity contribution in [1.82, 2.24) is 4.90 Å². The summed E-state index contributed by atoms with van der Waals surface area (Å²) in [4.78, 5) is 25.5. The van der Waals surface area contributed by atoms with E-state index in [9.17, 15) is 9.59 Å². The van der Waals surface area contributed by atoms with Crippen LogP contribution in [0.1, 0.15) is 53.9 Å². The molecule has 4 nitrogen and oxygen atoms in total. The van der Waals surface area contributed by atoms with Crippen LogP contribution in [0, 0.1) is 0 Å². The fourth-order valence-electron chi connectivity index (χ4n) is 3.65. The highest BCUT2D eigenvalue weighted by atomic mass is 16.6. The van der Waals surface area contributed by atoms with E-state index in [2.05, 4.69) is 20.8 Å². The number of imide groups is 1. The second-order valence-electron chi connectivity index (χ2n) is 5.56. The first kappa shape index (κ1) is 14.3. The van der Waals surface area contributed by atoms with Gasteiger partial charge in [-0.1, -0.05) is 20.8 Å². The van der Waals surface area contributed by atoms with Gasteiger partial charge in [-0.2, -0.15) is 0 Å². The van der Waals surface area contributed by atoms with Crippen molar-refractivity contribution in [3.05, 3.63) is 11.6 Å². The molecule has 2 aliphatic rings. The lowest BCUT2D eigenvalue weighted by Crippen LogP contribution is -2.50. The summed E-state index contributed by atoms with van der Waals surface area (Å²) >= 11 is 0. The van der Waals surface area contributed by atoms with Crippen LogP contribution in [0.15, 0.2) is 11.6 Å². The zero-order valence-corrected chi connectivity index (χ0v) is 12.4. The Bertz CT molecular complexity index is 450. The second-order valence-corrected chi connectivity index (χ2v) is 5.56. The molecule has 0 aromatic heterocycles. The number of rotatable bonds is 5. The van der Waals surface area contributed by atoms with E-state index in [0.29, 0.717) is 5.57 Å². The third-order valence-electron chi connectivity index (χ3n) is 4.97. The molecular formula is C15H23NO3. The minimum absolute atomic E-state index is 0.179. The first-order chi connectivity index (χ1) is 8.89. The van der Waals surface area contributed by atoms with E-state index >= 15 is 0 Å². The Balaban J connectivity index is 2.28. The van der Waals surface area contributed by atoms with Crippen molar-refractivity contribution in [3.8, 4) is 0 Å². The monoisotopic (exact) mass is 265 g/mol. The lowest BCUT2D eigenvalue weighted by molar-refractivity contribution is -0.141. The fourth-order valence-corrected chi connectivity index (χ4v) is 3.65. The van der Waals surface area contributed by atoms with Crippen LogP contribution in [0.25, 0.3) is 0 Å². The third kappa shape index (κ3) is 1.69. The minimum atomic E-state index is -0.375. The van der Waals surface area contributed by atoms with Gasteiger partial charge in [0, 0.05) is 11.6 Å². The van der Waals surface area contributed by atoms with Crippen molar-refractivity contribution in [1.29, 1.82) is 0 Å². The fraction of sp³-hybridized carbons (Fsp3) is 0.733. The van der Waals surface area contributed by atoms with E-state index in [1.165, 1.54) is 11.0 Å². The maximum Gasteiger partial charge on any atom is 0.256 e. The van der Waals surface area contributed by atoms with Crippen LogP contribution < -0.4 is 0 Å². The van der Waals surface area contributed by atoms with Crippen LogP contribution >= 0.6 is 0 Å².